The van der Waals surface area contributed by atoms with Crippen LogP contribution < -0.4 is 5.73 Å². The molecular formula is C16H27N3. The van der Waals surface area contributed by atoms with Gasteiger partial charge in [-0.3, -0.25) is 0 Å². The number of hydrogen-bond donors (Lipinski definition) is 1. The molecule has 0 radical (unpaired) electrons. The van der Waals surface area contributed by atoms with Crippen LogP contribution in [0.1, 0.15) is 69.2 Å². The normalized spacial score (nSPS) is 30.1. The maximum Gasteiger partial charge on any atom is 0.106 e. The first kappa shape index (κ1) is 13.2. The van der Waals surface area contributed by atoms with Crippen LogP contribution in [0.5, 0.6) is 0 Å². The fourth-order valence-electron chi connectivity index (χ4n) is 4.06. The van der Waals surface area contributed by atoms with Crippen LogP contribution in [0.4, 0.5) is 0 Å². The zero-order valence-electron chi connectivity index (χ0n) is 12.6. The summed E-state index contributed by atoms with van der Waals surface area (Å²) < 4.78 is 2.50. The van der Waals surface area contributed by atoms with Gasteiger partial charge in [-0.15, -0.1) is 0 Å². The molecule has 19 heavy (non-hydrogen) atoms. The van der Waals surface area contributed by atoms with Gasteiger partial charge in [0.25, 0.3) is 0 Å². The summed E-state index contributed by atoms with van der Waals surface area (Å²) in [6.07, 6.45) is 8.72. The van der Waals surface area contributed by atoms with Crippen molar-refractivity contribution in [1.82, 2.24) is 9.55 Å². The number of nitrogens with zero attached hydrogens (tertiary/aromatic N) is 2. The minimum absolute atomic E-state index is 0.250. The average molecular weight is 261 g/mol. The number of fused-ring (bicyclic) bond motifs is 1. The molecule has 1 aromatic rings. The molecular weight excluding hydrogens is 234 g/mol. The molecule has 3 rings (SSSR count). The molecule has 0 aromatic carbocycles. The second-order valence-electron chi connectivity index (χ2n) is 7.10. The average Bonchev–Trinajstić information content (AvgIpc) is 2.69. The van der Waals surface area contributed by atoms with Gasteiger partial charge in [-0.2, -0.15) is 0 Å². The molecule has 0 bridgehead atoms. The van der Waals surface area contributed by atoms with E-state index in [9.17, 15) is 0 Å². The molecule has 0 aliphatic heterocycles. The minimum atomic E-state index is 0.250. The molecule has 0 spiro atoms. The molecule has 1 heterocycles. The topological polar surface area (TPSA) is 43.8 Å². The molecule has 3 heteroatoms. The Hall–Kier alpha value is -0.830. The summed E-state index contributed by atoms with van der Waals surface area (Å²) in [4.78, 5) is 4.82. The molecule has 3 nitrogen and oxygen atoms in total. The highest BCUT2D eigenvalue weighted by atomic mass is 15.1. The van der Waals surface area contributed by atoms with Gasteiger partial charge >= 0.3 is 0 Å². The van der Waals surface area contributed by atoms with Crippen molar-refractivity contribution >= 4 is 0 Å². The van der Waals surface area contributed by atoms with Gasteiger partial charge < -0.3 is 10.3 Å². The van der Waals surface area contributed by atoms with Crippen LogP contribution >= 0.6 is 0 Å². The molecule has 106 valence electrons. The SMILES string of the molecule is Cc1nc2c(n1C1CCCC(C)(C)C1N)CCCC2. The van der Waals surface area contributed by atoms with Crippen LogP contribution in [0, 0.1) is 12.3 Å². The maximum absolute atomic E-state index is 6.60. The van der Waals surface area contributed by atoms with E-state index in [4.69, 9.17) is 10.7 Å². The third-order valence-electron chi connectivity index (χ3n) is 5.32. The second-order valence-corrected chi connectivity index (χ2v) is 7.10. The van der Waals surface area contributed by atoms with Crippen molar-refractivity contribution in [2.75, 3.05) is 0 Å². The second kappa shape index (κ2) is 4.62. The number of hydrogen-bond acceptors (Lipinski definition) is 2. The Balaban J connectivity index is 2.00. The Morgan fingerprint density at radius 1 is 1.21 bits per heavy atom. The van der Waals surface area contributed by atoms with E-state index < -0.39 is 0 Å². The highest BCUT2D eigenvalue weighted by Crippen LogP contribution is 2.41. The van der Waals surface area contributed by atoms with Gasteiger partial charge in [0.1, 0.15) is 5.82 Å². The van der Waals surface area contributed by atoms with Crippen LogP contribution in [0.15, 0.2) is 0 Å². The van der Waals surface area contributed by atoms with Crippen LogP contribution in [0.2, 0.25) is 0 Å². The molecule has 2 aliphatic carbocycles. The predicted molar refractivity (Wildman–Crippen MR) is 78.3 cm³/mol. The first-order valence-electron chi connectivity index (χ1n) is 7.83. The van der Waals surface area contributed by atoms with E-state index in [1.165, 1.54) is 55.7 Å². The van der Waals surface area contributed by atoms with Crippen molar-refractivity contribution in [1.29, 1.82) is 0 Å². The summed E-state index contributed by atoms with van der Waals surface area (Å²) >= 11 is 0. The van der Waals surface area contributed by atoms with Crippen molar-refractivity contribution in [2.45, 2.75) is 77.8 Å². The van der Waals surface area contributed by atoms with Gasteiger partial charge in [-0.05, 0) is 50.9 Å². The lowest BCUT2D eigenvalue weighted by Gasteiger charge is -2.43. The number of aromatic nitrogens is 2. The third-order valence-corrected chi connectivity index (χ3v) is 5.32. The van der Waals surface area contributed by atoms with Crippen LogP contribution in [0.3, 0.4) is 0 Å². The van der Waals surface area contributed by atoms with E-state index in [1.807, 2.05) is 0 Å². The van der Waals surface area contributed by atoms with E-state index in [2.05, 4.69) is 25.3 Å². The molecule has 0 amide bonds. The molecule has 0 saturated heterocycles. The minimum Gasteiger partial charge on any atom is -0.327 e. The first-order chi connectivity index (χ1) is 9.00. The van der Waals surface area contributed by atoms with E-state index in [1.54, 1.807) is 0 Å². The zero-order chi connectivity index (χ0) is 13.6. The lowest BCUT2D eigenvalue weighted by molar-refractivity contribution is 0.139. The Morgan fingerprint density at radius 2 is 1.95 bits per heavy atom. The molecule has 2 N–H and O–H groups in total. The summed E-state index contributed by atoms with van der Waals surface area (Å²) in [5, 5.41) is 0. The number of nitrogens with two attached hydrogens (primary N) is 1. The number of imidazole rings is 1. The fraction of sp³-hybridized carbons (Fsp3) is 0.812. The number of aryl methyl sites for hydroxylation is 2. The maximum atomic E-state index is 6.60. The molecule has 2 atom stereocenters. The summed E-state index contributed by atoms with van der Waals surface area (Å²) in [5.41, 5.74) is 9.69. The number of rotatable bonds is 1. The summed E-state index contributed by atoms with van der Waals surface area (Å²) in [6.45, 7) is 6.80. The largest absolute Gasteiger partial charge is 0.327 e. The smallest absolute Gasteiger partial charge is 0.106 e. The standard InChI is InChI=1S/C16H27N3/c1-11-18-12-7-4-5-8-13(12)19(11)14-9-6-10-16(2,3)15(14)17/h14-15H,4-10,17H2,1-3H3. The monoisotopic (exact) mass is 261 g/mol. The van der Waals surface area contributed by atoms with E-state index in [0.29, 0.717) is 6.04 Å². The molecule has 2 aliphatic rings. The Morgan fingerprint density at radius 3 is 2.74 bits per heavy atom. The van der Waals surface area contributed by atoms with E-state index >= 15 is 0 Å². The van der Waals surface area contributed by atoms with Crippen molar-refractivity contribution in [3.8, 4) is 0 Å². The van der Waals surface area contributed by atoms with Gasteiger partial charge in [0, 0.05) is 11.7 Å². The van der Waals surface area contributed by atoms with Crippen molar-refractivity contribution in [3.63, 3.8) is 0 Å². The van der Waals surface area contributed by atoms with Gasteiger partial charge in [-0.1, -0.05) is 20.3 Å². The highest BCUT2D eigenvalue weighted by molar-refractivity contribution is 5.22. The Bertz CT molecular complexity index is 473. The van der Waals surface area contributed by atoms with Crippen molar-refractivity contribution in [3.05, 3.63) is 17.2 Å². The predicted octanol–water partition coefficient (Wildman–Crippen LogP) is 3.15. The Labute approximate surface area is 116 Å². The van der Waals surface area contributed by atoms with E-state index in [0.717, 1.165) is 6.42 Å². The van der Waals surface area contributed by atoms with Gasteiger partial charge in [-0.25, -0.2) is 4.98 Å². The van der Waals surface area contributed by atoms with Gasteiger partial charge in [0.15, 0.2) is 0 Å². The lowest BCUT2D eigenvalue weighted by Crippen LogP contribution is -2.47. The van der Waals surface area contributed by atoms with Gasteiger partial charge in [0.05, 0.1) is 11.7 Å². The van der Waals surface area contributed by atoms with Crippen LogP contribution in [-0.4, -0.2) is 15.6 Å². The molecule has 1 fully saturated rings. The summed E-state index contributed by atoms with van der Waals surface area (Å²) in [7, 11) is 0. The molecule has 1 saturated carbocycles. The molecule has 1 aromatic heterocycles. The summed E-state index contributed by atoms with van der Waals surface area (Å²) in [6, 6.07) is 0.707. The zero-order valence-corrected chi connectivity index (χ0v) is 12.6. The lowest BCUT2D eigenvalue weighted by atomic mass is 9.71. The highest BCUT2D eigenvalue weighted by Gasteiger charge is 2.39. The fourth-order valence-corrected chi connectivity index (χ4v) is 4.06. The van der Waals surface area contributed by atoms with Crippen molar-refractivity contribution in [2.24, 2.45) is 11.1 Å². The Kier molecular flexibility index (Phi) is 3.20. The quantitative estimate of drug-likeness (QED) is 0.844. The third kappa shape index (κ3) is 2.12. The van der Waals surface area contributed by atoms with Crippen LogP contribution in [0.25, 0.3) is 0 Å². The first-order valence-corrected chi connectivity index (χ1v) is 7.83. The van der Waals surface area contributed by atoms with Gasteiger partial charge in [0.2, 0.25) is 0 Å². The molecule has 2 unspecified atom stereocenters. The summed E-state index contributed by atoms with van der Waals surface area (Å²) in [5.74, 6) is 1.19. The van der Waals surface area contributed by atoms with Crippen LogP contribution in [-0.2, 0) is 12.8 Å². The van der Waals surface area contributed by atoms with E-state index in [-0.39, 0.29) is 11.5 Å². The van der Waals surface area contributed by atoms with Crippen molar-refractivity contribution < 1.29 is 0 Å².